The minimum absolute atomic E-state index is 0.263. The minimum atomic E-state index is -1.00. The van der Waals surface area contributed by atoms with Gasteiger partial charge < -0.3 is 14.7 Å². The van der Waals surface area contributed by atoms with E-state index in [-0.39, 0.29) is 12.5 Å². The van der Waals surface area contributed by atoms with Crippen LogP contribution < -0.4 is 0 Å². The zero-order valence-corrected chi connectivity index (χ0v) is 11.5. The molecule has 5 nitrogen and oxygen atoms in total. The van der Waals surface area contributed by atoms with Gasteiger partial charge in [-0.25, -0.2) is 0 Å². The lowest BCUT2D eigenvalue weighted by molar-refractivity contribution is -0.151. The van der Waals surface area contributed by atoms with Crippen LogP contribution in [0, 0.1) is 0 Å². The summed E-state index contributed by atoms with van der Waals surface area (Å²) in [5.41, 5.74) is 1.96. The van der Waals surface area contributed by atoms with E-state index in [1.54, 1.807) is 0 Å². The minimum Gasteiger partial charge on any atom is -0.480 e. The summed E-state index contributed by atoms with van der Waals surface area (Å²) in [7, 11) is 0. The van der Waals surface area contributed by atoms with E-state index in [4.69, 9.17) is 9.84 Å². The third kappa shape index (κ3) is 3.17. The number of hydrogen-bond donors (Lipinski definition) is 1. The Bertz CT molecular complexity index is 500. The fraction of sp³-hybridized carbons (Fsp3) is 0.467. The molecule has 108 valence electrons. The Balaban J connectivity index is 2.21. The summed E-state index contributed by atoms with van der Waals surface area (Å²) in [5.74, 6) is -1.27. The molecule has 2 rings (SSSR count). The molecule has 0 fully saturated rings. The molecule has 0 aliphatic carbocycles. The molecule has 1 N–H and O–H groups in total. The summed E-state index contributed by atoms with van der Waals surface area (Å²) in [6.07, 6.45) is 0.825. The average molecular weight is 277 g/mol. The summed E-state index contributed by atoms with van der Waals surface area (Å²) in [5, 5.41) is 8.92. The van der Waals surface area contributed by atoms with E-state index in [1.165, 1.54) is 4.90 Å². The van der Waals surface area contributed by atoms with Gasteiger partial charge in [-0.05, 0) is 24.0 Å². The maximum Gasteiger partial charge on any atom is 0.323 e. The van der Waals surface area contributed by atoms with E-state index in [2.05, 4.69) is 0 Å². The molecule has 20 heavy (non-hydrogen) atoms. The van der Waals surface area contributed by atoms with Crippen molar-refractivity contribution in [1.29, 1.82) is 0 Å². The van der Waals surface area contributed by atoms with Crippen molar-refractivity contribution in [3.8, 4) is 0 Å². The highest BCUT2D eigenvalue weighted by molar-refractivity contribution is 5.86. The first kappa shape index (κ1) is 14.5. The SMILES string of the molecule is CCCN(CC(=O)O)C(=O)C1OCCc2ccccc21. The van der Waals surface area contributed by atoms with Crippen LogP contribution in [-0.2, 0) is 20.7 Å². The molecule has 0 aromatic heterocycles. The predicted molar refractivity (Wildman–Crippen MR) is 73.3 cm³/mol. The molecule has 1 unspecified atom stereocenters. The number of carboxylic acid groups (broad SMARTS) is 1. The Morgan fingerprint density at radius 2 is 2.15 bits per heavy atom. The van der Waals surface area contributed by atoms with Crippen LogP contribution in [0.1, 0.15) is 30.6 Å². The van der Waals surface area contributed by atoms with E-state index in [1.807, 2.05) is 31.2 Å². The molecule has 0 saturated carbocycles. The van der Waals surface area contributed by atoms with E-state index >= 15 is 0 Å². The summed E-state index contributed by atoms with van der Waals surface area (Å²) in [4.78, 5) is 24.8. The highest BCUT2D eigenvalue weighted by Crippen LogP contribution is 2.28. The van der Waals surface area contributed by atoms with Crippen molar-refractivity contribution in [1.82, 2.24) is 4.90 Å². The number of amides is 1. The number of nitrogens with zero attached hydrogens (tertiary/aromatic N) is 1. The van der Waals surface area contributed by atoms with Gasteiger partial charge in [0.25, 0.3) is 5.91 Å². The second-order valence-electron chi connectivity index (χ2n) is 4.85. The number of carbonyl (C=O) groups is 2. The lowest BCUT2D eigenvalue weighted by atomic mass is 9.97. The van der Waals surface area contributed by atoms with Crippen LogP contribution in [0.4, 0.5) is 0 Å². The molecule has 1 aliphatic rings. The Labute approximate surface area is 118 Å². The number of aliphatic carboxylic acids is 1. The van der Waals surface area contributed by atoms with Gasteiger partial charge in [-0.1, -0.05) is 31.2 Å². The van der Waals surface area contributed by atoms with Gasteiger partial charge in [0.2, 0.25) is 0 Å². The Morgan fingerprint density at radius 1 is 1.40 bits per heavy atom. The fourth-order valence-corrected chi connectivity index (χ4v) is 2.46. The van der Waals surface area contributed by atoms with Crippen molar-refractivity contribution in [2.75, 3.05) is 19.7 Å². The van der Waals surface area contributed by atoms with Crippen molar-refractivity contribution < 1.29 is 19.4 Å². The number of benzene rings is 1. The van der Waals surface area contributed by atoms with Crippen molar-refractivity contribution in [3.05, 3.63) is 35.4 Å². The monoisotopic (exact) mass is 277 g/mol. The van der Waals surface area contributed by atoms with Gasteiger partial charge in [-0.15, -0.1) is 0 Å². The van der Waals surface area contributed by atoms with Crippen molar-refractivity contribution in [2.24, 2.45) is 0 Å². The largest absolute Gasteiger partial charge is 0.480 e. The van der Waals surface area contributed by atoms with Crippen molar-refractivity contribution >= 4 is 11.9 Å². The van der Waals surface area contributed by atoms with Gasteiger partial charge in [0.05, 0.1) is 6.61 Å². The van der Waals surface area contributed by atoms with Crippen LogP contribution in [0.5, 0.6) is 0 Å². The van der Waals surface area contributed by atoms with Crippen LogP contribution in [0.3, 0.4) is 0 Å². The fourth-order valence-electron chi connectivity index (χ4n) is 2.46. The van der Waals surface area contributed by atoms with Crippen LogP contribution in [0.15, 0.2) is 24.3 Å². The summed E-state index contributed by atoms with van der Waals surface area (Å²) >= 11 is 0. The second-order valence-corrected chi connectivity index (χ2v) is 4.85. The molecule has 0 radical (unpaired) electrons. The molecule has 0 bridgehead atoms. The molecular weight excluding hydrogens is 258 g/mol. The van der Waals surface area contributed by atoms with E-state index < -0.39 is 12.1 Å². The smallest absolute Gasteiger partial charge is 0.323 e. The molecular formula is C15H19NO4. The van der Waals surface area contributed by atoms with E-state index in [0.717, 1.165) is 17.5 Å². The van der Waals surface area contributed by atoms with Gasteiger partial charge in [-0.2, -0.15) is 0 Å². The normalized spacial score (nSPS) is 17.4. The van der Waals surface area contributed by atoms with Crippen molar-refractivity contribution in [3.63, 3.8) is 0 Å². The first-order valence-corrected chi connectivity index (χ1v) is 6.83. The number of rotatable bonds is 5. The number of hydrogen-bond acceptors (Lipinski definition) is 3. The van der Waals surface area contributed by atoms with Gasteiger partial charge in [0.1, 0.15) is 6.54 Å². The van der Waals surface area contributed by atoms with Gasteiger partial charge in [0.15, 0.2) is 6.10 Å². The van der Waals surface area contributed by atoms with Crippen LogP contribution >= 0.6 is 0 Å². The predicted octanol–water partition coefficient (Wildman–Crippen LogP) is 1.62. The standard InChI is InChI=1S/C15H19NO4/c1-2-8-16(10-13(17)18)15(19)14-12-6-4-3-5-11(12)7-9-20-14/h3-6,14H,2,7-10H2,1H3,(H,17,18). The maximum atomic E-state index is 12.5. The number of fused-ring (bicyclic) bond motifs is 1. The average Bonchev–Trinajstić information content (AvgIpc) is 2.45. The number of carboxylic acids is 1. The lowest BCUT2D eigenvalue weighted by Gasteiger charge is -2.30. The Kier molecular flexibility index (Phi) is 4.74. The summed E-state index contributed by atoms with van der Waals surface area (Å²) < 4.78 is 5.59. The van der Waals surface area contributed by atoms with Gasteiger partial charge in [0, 0.05) is 6.54 Å². The molecule has 1 heterocycles. The highest BCUT2D eigenvalue weighted by atomic mass is 16.5. The Hall–Kier alpha value is -1.88. The molecule has 1 aromatic carbocycles. The number of carbonyl (C=O) groups excluding carboxylic acids is 1. The molecule has 0 spiro atoms. The van der Waals surface area contributed by atoms with Crippen molar-refractivity contribution in [2.45, 2.75) is 25.9 Å². The third-order valence-corrected chi connectivity index (χ3v) is 3.35. The van der Waals surface area contributed by atoms with E-state index in [0.29, 0.717) is 19.6 Å². The zero-order valence-electron chi connectivity index (χ0n) is 11.5. The molecule has 1 amide bonds. The van der Waals surface area contributed by atoms with Crippen LogP contribution in [0.2, 0.25) is 0 Å². The topological polar surface area (TPSA) is 66.8 Å². The van der Waals surface area contributed by atoms with Crippen LogP contribution in [0.25, 0.3) is 0 Å². The molecule has 5 heteroatoms. The lowest BCUT2D eigenvalue weighted by Crippen LogP contribution is -2.41. The highest BCUT2D eigenvalue weighted by Gasteiger charge is 2.31. The quantitative estimate of drug-likeness (QED) is 0.888. The summed E-state index contributed by atoms with van der Waals surface area (Å²) in [6, 6.07) is 7.67. The molecule has 1 atom stereocenters. The number of ether oxygens (including phenoxy) is 1. The van der Waals surface area contributed by atoms with Gasteiger partial charge >= 0.3 is 5.97 Å². The van der Waals surface area contributed by atoms with Crippen LogP contribution in [-0.4, -0.2) is 41.6 Å². The molecule has 1 aliphatic heterocycles. The zero-order chi connectivity index (χ0) is 14.5. The maximum absolute atomic E-state index is 12.5. The first-order valence-electron chi connectivity index (χ1n) is 6.83. The van der Waals surface area contributed by atoms with E-state index in [9.17, 15) is 9.59 Å². The Morgan fingerprint density at radius 3 is 2.85 bits per heavy atom. The third-order valence-electron chi connectivity index (χ3n) is 3.35. The van der Waals surface area contributed by atoms with Gasteiger partial charge in [-0.3, -0.25) is 9.59 Å². The molecule has 0 saturated heterocycles. The first-order chi connectivity index (χ1) is 9.63. The molecule has 1 aromatic rings. The second kappa shape index (κ2) is 6.52. The summed E-state index contributed by atoms with van der Waals surface area (Å²) in [6.45, 7) is 2.54.